The Hall–Kier alpha value is -1.49. The van der Waals surface area contributed by atoms with Crippen LogP contribution in [0.15, 0.2) is 34.8 Å². The lowest BCUT2D eigenvalue weighted by Crippen LogP contribution is -2.03. The van der Waals surface area contributed by atoms with Crippen molar-refractivity contribution in [3.05, 3.63) is 63.4 Å². The fraction of sp³-hybridized carbons (Fsp3) is 0.143. The summed E-state index contributed by atoms with van der Waals surface area (Å²) in [5.74, 6) is -1.65. The molecule has 0 heterocycles. The number of anilines is 1. The van der Waals surface area contributed by atoms with Gasteiger partial charge in [0.15, 0.2) is 0 Å². The average molecular weight is 330 g/mol. The summed E-state index contributed by atoms with van der Waals surface area (Å²) in [4.78, 5) is 0. The van der Waals surface area contributed by atoms with Gasteiger partial charge in [-0.1, -0.05) is 12.1 Å². The van der Waals surface area contributed by atoms with E-state index in [-0.39, 0.29) is 22.5 Å². The SMILES string of the molecule is Cc1ccc(CNc2cc(Br)c(F)cc2F)cc1F. The van der Waals surface area contributed by atoms with E-state index in [2.05, 4.69) is 21.2 Å². The smallest absolute Gasteiger partial charge is 0.149 e. The second-order valence-corrected chi connectivity index (χ2v) is 5.04. The fourth-order valence-electron chi connectivity index (χ4n) is 1.60. The molecule has 0 bridgehead atoms. The topological polar surface area (TPSA) is 12.0 Å². The van der Waals surface area contributed by atoms with Crippen molar-refractivity contribution >= 4 is 21.6 Å². The summed E-state index contributed by atoms with van der Waals surface area (Å²) in [6.45, 7) is 1.93. The van der Waals surface area contributed by atoms with Gasteiger partial charge in [-0.15, -0.1) is 0 Å². The van der Waals surface area contributed by atoms with Crippen molar-refractivity contribution in [2.45, 2.75) is 13.5 Å². The Morgan fingerprint density at radius 1 is 1.00 bits per heavy atom. The first-order valence-corrected chi connectivity index (χ1v) is 6.40. The predicted molar refractivity (Wildman–Crippen MR) is 72.5 cm³/mol. The van der Waals surface area contributed by atoms with Gasteiger partial charge >= 0.3 is 0 Å². The lowest BCUT2D eigenvalue weighted by Gasteiger charge is -2.09. The molecule has 0 aliphatic rings. The van der Waals surface area contributed by atoms with Crippen LogP contribution in [-0.2, 0) is 6.54 Å². The molecular formula is C14H11BrF3N. The van der Waals surface area contributed by atoms with Crippen molar-refractivity contribution < 1.29 is 13.2 Å². The van der Waals surface area contributed by atoms with E-state index in [4.69, 9.17) is 0 Å². The Balaban J connectivity index is 2.14. The number of hydrogen-bond donors (Lipinski definition) is 1. The molecule has 0 radical (unpaired) electrons. The molecule has 0 saturated heterocycles. The number of halogens is 4. The van der Waals surface area contributed by atoms with Crippen LogP contribution in [0.3, 0.4) is 0 Å². The van der Waals surface area contributed by atoms with Crippen molar-refractivity contribution in [1.29, 1.82) is 0 Å². The molecule has 0 fully saturated rings. The van der Waals surface area contributed by atoms with Gasteiger partial charge in [0.05, 0.1) is 10.2 Å². The Kier molecular flexibility index (Phi) is 4.14. The molecular weight excluding hydrogens is 319 g/mol. The minimum absolute atomic E-state index is 0.161. The van der Waals surface area contributed by atoms with E-state index in [9.17, 15) is 13.2 Å². The molecule has 19 heavy (non-hydrogen) atoms. The molecule has 0 unspecified atom stereocenters. The van der Waals surface area contributed by atoms with Gasteiger partial charge in [0, 0.05) is 12.6 Å². The van der Waals surface area contributed by atoms with Gasteiger partial charge in [-0.3, -0.25) is 0 Å². The molecule has 2 rings (SSSR count). The van der Waals surface area contributed by atoms with Crippen LogP contribution < -0.4 is 5.32 Å². The minimum Gasteiger partial charge on any atom is -0.379 e. The van der Waals surface area contributed by atoms with Crippen LogP contribution in [0.4, 0.5) is 18.9 Å². The molecule has 1 N–H and O–H groups in total. The lowest BCUT2D eigenvalue weighted by molar-refractivity contribution is 0.580. The molecule has 5 heteroatoms. The van der Waals surface area contributed by atoms with Crippen LogP contribution >= 0.6 is 15.9 Å². The third kappa shape index (κ3) is 3.29. The van der Waals surface area contributed by atoms with E-state index in [1.165, 1.54) is 12.1 Å². The largest absolute Gasteiger partial charge is 0.379 e. The Morgan fingerprint density at radius 2 is 1.74 bits per heavy atom. The van der Waals surface area contributed by atoms with Crippen molar-refractivity contribution in [3.8, 4) is 0 Å². The van der Waals surface area contributed by atoms with Gasteiger partial charge in [-0.05, 0) is 46.1 Å². The molecule has 2 aromatic carbocycles. The van der Waals surface area contributed by atoms with E-state index in [0.717, 1.165) is 6.07 Å². The van der Waals surface area contributed by atoms with Crippen LogP contribution in [-0.4, -0.2) is 0 Å². The highest BCUT2D eigenvalue weighted by Crippen LogP contribution is 2.24. The third-order valence-electron chi connectivity index (χ3n) is 2.73. The van der Waals surface area contributed by atoms with E-state index in [0.29, 0.717) is 11.1 Å². The van der Waals surface area contributed by atoms with Gasteiger partial charge in [-0.2, -0.15) is 0 Å². The normalized spacial score (nSPS) is 10.6. The summed E-state index contributed by atoms with van der Waals surface area (Å²) in [7, 11) is 0. The van der Waals surface area contributed by atoms with E-state index in [1.54, 1.807) is 19.1 Å². The fourth-order valence-corrected chi connectivity index (χ4v) is 1.95. The third-order valence-corrected chi connectivity index (χ3v) is 3.34. The summed E-state index contributed by atoms with van der Waals surface area (Å²) in [5.41, 5.74) is 1.40. The maximum atomic E-state index is 13.5. The summed E-state index contributed by atoms with van der Waals surface area (Å²) in [6, 6.07) is 6.90. The van der Waals surface area contributed by atoms with Gasteiger partial charge in [0.25, 0.3) is 0 Å². The maximum absolute atomic E-state index is 13.5. The zero-order valence-electron chi connectivity index (χ0n) is 10.1. The Morgan fingerprint density at radius 3 is 2.42 bits per heavy atom. The van der Waals surface area contributed by atoms with E-state index < -0.39 is 11.6 Å². The van der Waals surface area contributed by atoms with Gasteiger partial charge in [0.2, 0.25) is 0 Å². The number of benzene rings is 2. The number of nitrogens with one attached hydrogen (secondary N) is 1. The molecule has 0 aromatic heterocycles. The number of rotatable bonds is 3. The number of aryl methyl sites for hydroxylation is 1. The monoisotopic (exact) mass is 329 g/mol. The van der Waals surface area contributed by atoms with Crippen molar-refractivity contribution in [2.75, 3.05) is 5.32 Å². The molecule has 0 aliphatic carbocycles. The van der Waals surface area contributed by atoms with Crippen LogP contribution in [0.25, 0.3) is 0 Å². The molecule has 0 atom stereocenters. The van der Waals surface area contributed by atoms with Crippen LogP contribution in [0, 0.1) is 24.4 Å². The molecule has 0 spiro atoms. The maximum Gasteiger partial charge on any atom is 0.149 e. The minimum atomic E-state index is -0.687. The number of hydrogen-bond acceptors (Lipinski definition) is 1. The van der Waals surface area contributed by atoms with Gasteiger partial charge in [-0.25, -0.2) is 13.2 Å². The van der Waals surface area contributed by atoms with Crippen molar-refractivity contribution in [3.63, 3.8) is 0 Å². The van der Waals surface area contributed by atoms with Crippen molar-refractivity contribution in [1.82, 2.24) is 0 Å². The van der Waals surface area contributed by atoms with Crippen LogP contribution in [0.1, 0.15) is 11.1 Å². The highest BCUT2D eigenvalue weighted by Gasteiger charge is 2.08. The van der Waals surface area contributed by atoms with Crippen molar-refractivity contribution in [2.24, 2.45) is 0 Å². The standard InChI is InChI=1S/C14H11BrF3N/c1-8-2-3-9(4-11(8)16)7-19-14-5-10(15)12(17)6-13(14)18/h2-6,19H,7H2,1H3. The summed E-state index contributed by atoms with van der Waals surface area (Å²) < 4.78 is 40.1. The van der Waals surface area contributed by atoms with Crippen LogP contribution in [0.2, 0.25) is 0 Å². The molecule has 2 aromatic rings. The van der Waals surface area contributed by atoms with E-state index >= 15 is 0 Å². The Labute approximate surface area is 117 Å². The van der Waals surface area contributed by atoms with Gasteiger partial charge < -0.3 is 5.32 Å². The molecule has 0 saturated carbocycles. The lowest BCUT2D eigenvalue weighted by atomic mass is 10.1. The second kappa shape index (κ2) is 5.65. The summed E-state index contributed by atoms with van der Waals surface area (Å²) in [5, 5.41) is 2.81. The zero-order valence-corrected chi connectivity index (χ0v) is 11.7. The zero-order chi connectivity index (χ0) is 14.0. The first-order valence-electron chi connectivity index (χ1n) is 5.61. The predicted octanol–water partition coefficient (Wildman–Crippen LogP) is 4.79. The van der Waals surface area contributed by atoms with Gasteiger partial charge in [0.1, 0.15) is 17.5 Å². The highest BCUT2D eigenvalue weighted by atomic mass is 79.9. The molecule has 0 amide bonds. The summed E-state index contributed by atoms with van der Waals surface area (Å²) in [6.07, 6.45) is 0. The van der Waals surface area contributed by atoms with Crippen LogP contribution in [0.5, 0.6) is 0 Å². The molecule has 1 nitrogen and oxygen atoms in total. The first kappa shape index (κ1) is 13.9. The summed E-state index contributed by atoms with van der Waals surface area (Å²) >= 11 is 2.99. The molecule has 100 valence electrons. The van der Waals surface area contributed by atoms with E-state index in [1.807, 2.05) is 0 Å². The molecule has 0 aliphatic heterocycles. The Bertz CT molecular complexity index is 614. The first-order chi connectivity index (χ1) is 8.97. The highest BCUT2D eigenvalue weighted by molar-refractivity contribution is 9.10. The quantitative estimate of drug-likeness (QED) is 0.798. The second-order valence-electron chi connectivity index (χ2n) is 4.18. The average Bonchev–Trinajstić information content (AvgIpc) is 2.36.